The third-order valence-corrected chi connectivity index (χ3v) is 3.74. The van der Waals surface area contributed by atoms with Crippen LogP contribution in [-0.2, 0) is 11.2 Å². The summed E-state index contributed by atoms with van der Waals surface area (Å²) < 4.78 is 15.6. The molecule has 1 aromatic heterocycles. The molecule has 3 rings (SSSR count). The van der Waals surface area contributed by atoms with E-state index in [-0.39, 0.29) is 12.3 Å². The number of hydrogen-bond acceptors (Lipinski definition) is 6. The lowest BCUT2D eigenvalue weighted by Gasteiger charge is -2.08. The van der Waals surface area contributed by atoms with Crippen LogP contribution < -0.4 is 14.8 Å². The van der Waals surface area contributed by atoms with Crippen molar-refractivity contribution in [3.05, 3.63) is 54.4 Å². The zero-order chi connectivity index (χ0) is 18.4. The highest BCUT2D eigenvalue weighted by molar-refractivity contribution is 5.92. The summed E-state index contributed by atoms with van der Waals surface area (Å²) >= 11 is 0. The lowest BCUT2D eigenvalue weighted by molar-refractivity contribution is -0.116. The van der Waals surface area contributed by atoms with Gasteiger partial charge in [-0.2, -0.15) is 4.98 Å². The van der Waals surface area contributed by atoms with Crippen LogP contribution in [0.4, 0.5) is 5.69 Å². The molecular weight excluding hydrogens is 334 g/mol. The van der Waals surface area contributed by atoms with E-state index in [1.165, 1.54) is 0 Å². The van der Waals surface area contributed by atoms with Gasteiger partial charge in [0.1, 0.15) is 11.5 Å². The van der Waals surface area contributed by atoms with E-state index in [4.69, 9.17) is 14.0 Å². The summed E-state index contributed by atoms with van der Waals surface area (Å²) in [6.45, 7) is 0. The lowest BCUT2D eigenvalue weighted by Crippen LogP contribution is -2.13. The first kappa shape index (κ1) is 17.5. The van der Waals surface area contributed by atoms with Crippen LogP contribution >= 0.6 is 0 Å². The Morgan fingerprint density at radius 3 is 2.77 bits per heavy atom. The number of aromatic nitrogens is 2. The number of carbonyl (C=O) groups excluding carboxylic acids is 1. The quantitative estimate of drug-likeness (QED) is 0.701. The average Bonchev–Trinajstić information content (AvgIpc) is 3.16. The average molecular weight is 353 g/mol. The van der Waals surface area contributed by atoms with Crippen molar-refractivity contribution in [1.29, 1.82) is 0 Å². The molecule has 0 radical (unpaired) electrons. The highest BCUT2D eigenvalue weighted by atomic mass is 16.5. The number of aryl methyl sites for hydroxylation is 1. The Morgan fingerprint density at radius 1 is 1.12 bits per heavy atom. The van der Waals surface area contributed by atoms with Gasteiger partial charge in [-0.1, -0.05) is 29.4 Å². The Balaban J connectivity index is 1.60. The molecular formula is C19H19N3O4. The Hall–Kier alpha value is -3.35. The predicted octanol–water partition coefficient (Wildman–Crippen LogP) is 3.33. The minimum absolute atomic E-state index is 0.157. The second-order valence-electron chi connectivity index (χ2n) is 5.49. The van der Waals surface area contributed by atoms with E-state index in [9.17, 15) is 4.79 Å². The maximum absolute atomic E-state index is 12.1. The first-order chi connectivity index (χ1) is 12.7. The van der Waals surface area contributed by atoms with Gasteiger partial charge in [-0.3, -0.25) is 4.79 Å². The molecule has 1 N–H and O–H groups in total. The van der Waals surface area contributed by atoms with Crippen molar-refractivity contribution in [3.8, 4) is 22.9 Å². The number of rotatable bonds is 7. The number of carbonyl (C=O) groups is 1. The fourth-order valence-electron chi connectivity index (χ4n) is 2.42. The molecule has 0 aliphatic carbocycles. The van der Waals surface area contributed by atoms with Crippen molar-refractivity contribution in [3.63, 3.8) is 0 Å². The maximum atomic E-state index is 12.1. The molecule has 7 nitrogen and oxygen atoms in total. The first-order valence-corrected chi connectivity index (χ1v) is 8.09. The van der Waals surface area contributed by atoms with Gasteiger partial charge in [0.25, 0.3) is 0 Å². The second kappa shape index (κ2) is 8.15. The molecule has 26 heavy (non-hydrogen) atoms. The van der Waals surface area contributed by atoms with Gasteiger partial charge in [0, 0.05) is 18.4 Å². The van der Waals surface area contributed by atoms with Gasteiger partial charge in [0.05, 0.1) is 19.9 Å². The SMILES string of the molecule is COc1cccc(-c2noc(CCC(=O)Nc3ccccc3OC)n2)c1. The fraction of sp³-hybridized carbons (Fsp3) is 0.211. The monoisotopic (exact) mass is 353 g/mol. The number of nitrogens with one attached hydrogen (secondary N) is 1. The van der Waals surface area contributed by atoms with Crippen LogP contribution in [0.1, 0.15) is 12.3 Å². The van der Waals surface area contributed by atoms with Gasteiger partial charge < -0.3 is 19.3 Å². The molecule has 3 aromatic rings. The smallest absolute Gasteiger partial charge is 0.227 e. The highest BCUT2D eigenvalue weighted by Gasteiger charge is 2.12. The number of para-hydroxylation sites is 2. The zero-order valence-electron chi connectivity index (χ0n) is 14.6. The molecule has 0 aliphatic heterocycles. The molecule has 0 aliphatic rings. The van der Waals surface area contributed by atoms with Crippen LogP contribution in [0.5, 0.6) is 11.5 Å². The predicted molar refractivity (Wildman–Crippen MR) is 96.2 cm³/mol. The molecule has 0 saturated carbocycles. The molecule has 0 unspecified atom stereocenters. The number of anilines is 1. The molecule has 0 saturated heterocycles. The molecule has 0 atom stereocenters. The second-order valence-corrected chi connectivity index (χ2v) is 5.49. The number of nitrogens with zero attached hydrogens (tertiary/aromatic N) is 2. The summed E-state index contributed by atoms with van der Waals surface area (Å²) in [7, 11) is 3.16. The Bertz CT molecular complexity index is 892. The summed E-state index contributed by atoms with van der Waals surface area (Å²) in [5.41, 5.74) is 1.42. The minimum Gasteiger partial charge on any atom is -0.497 e. The Labute approximate surface area is 150 Å². The highest BCUT2D eigenvalue weighted by Crippen LogP contribution is 2.24. The fourth-order valence-corrected chi connectivity index (χ4v) is 2.42. The van der Waals surface area contributed by atoms with Crippen LogP contribution in [0, 0.1) is 0 Å². The summed E-state index contributed by atoms with van der Waals surface area (Å²) in [5, 5.41) is 6.77. The van der Waals surface area contributed by atoms with Gasteiger partial charge >= 0.3 is 0 Å². The van der Waals surface area contributed by atoms with Crippen molar-refractivity contribution in [2.75, 3.05) is 19.5 Å². The van der Waals surface area contributed by atoms with Crippen LogP contribution in [0.25, 0.3) is 11.4 Å². The molecule has 1 heterocycles. The van der Waals surface area contributed by atoms with Gasteiger partial charge in [-0.15, -0.1) is 0 Å². The van der Waals surface area contributed by atoms with E-state index in [0.29, 0.717) is 35.3 Å². The zero-order valence-corrected chi connectivity index (χ0v) is 14.6. The topological polar surface area (TPSA) is 86.5 Å². The lowest BCUT2D eigenvalue weighted by atomic mass is 10.2. The summed E-state index contributed by atoms with van der Waals surface area (Å²) in [5.74, 6) is 2.03. The van der Waals surface area contributed by atoms with Crippen LogP contribution in [0.2, 0.25) is 0 Å². The van der Waals surface area contributed by atoms with Crippen LogP contribution in [0.3, 0.4) is 0 Å². The van der Waals surface area contributed by atoms with Crippen molar-refractivity contribution >= 4 is 11.6 Å². The molecule has 0 bridgehead atoms. The van der Waals surface area contributed by atoms with Crippen LogP contribution in [0.15, 0.2) is 53.1 Å². The van der Waals surface area contributed by atoms with Crippen LogP contribution in [-0.4, -0.2) is 30.3 Å². The summed E-state index contributed by atoms with van der Waals surface area (Å²) in [6.07, 6.45) is 0.565. The van der Waals surface area contributed by atoms with Gasteiger partial charge in [0.15, 0.2) is 0 Å². The first-order valence-electron chi connectivity index (χ1n) is 8.09. The third-order valence-electron chi connectivity index (χ3n) is 3.74. The van der Waals surface area contributed by atoms with E-state index in [1.807, 2.05) is 36.4 Å². The van der Waals surface area contributed by atoms with E-state index in [2.05, 4.69) is 15.5 Å². The summed E-state index contributed by atoms with van der Waals surface area (Å²) in [6, 6.07) is 14.6. The van der Waals surface area contributed by atoms with Gasteiger partial charge in [-0.05, 0) is 24.3 Å². The minimum atomic E-state index is -0.157. The number of benzene rings is 2. The van der Waals surface area contributed by atoms with E-state index < -0.39 is 0 Å². The van der Waals surface area contributed by atoms with Gasteiger partial charge in [-0.25, -0.2) is 0 Å². The number of amides is 1. The molecule has 0 fully saturated rings. The molecule has 7 heteroatoms. The van der Waals surface area contributed by atoms with Gasteiger partial charge in [0.2, 0.25) is 17.6 Å². The Morgan fingerprint density at radius 2 is 1.96 bits per heavy atom. The van der Waals surface area contributed by atoms with E-state index in [0.717, 1.165) is 5.56 Å². The number of ether oxygens (including phenoxy) is 2. The molecule has 134 valence electrons. The van der Waals surface area contributed by atoms with E-state index in [1.54, 1.807) is 26.4 Å². The molecule has 0 spiro atoms. The summed E-state index contributed by atoms with van der Waals surface area (Å²) in [4.78, 5) is 16.5. The third kappa shape index (κ3) is 4.18. The largest absolute Gasteiger partial charge is 0.497 e. The van der Waals surface area contributed by atoms with Crippen molar-refractivity contribution in [2.45, 2.75) is 12.8 Å². The molecule has 2 aromatic carbocycles. The number of methoxy groups -OCH3 is 2. The number of hydrogen-bond donors (Lipinski definition) is 1. The van der Waals surface area contributed by atoms with Crippen molar-refractivity contribution < 1.29 is 18.8 Å². The van der Waals surface area contributed by atoms with Crippen molar-refractivity contribution in [1.82, 2.24) is 10.1 Å². The molecule has 1 amide bonds. The Kier molecular flexibility index (Phi) is 5.48. The normalized spacial score (nSPS) is 10.4. The maximum Gasteiger partial charge on any atom is 0.227 e. The van der Waals surface area contributed by atoms with E-state index >= 15 is 0 Å². The standard InChI is InChI=1S/C19H19N3O4/c1-24-14-7-5-6-13(12-14)19-21-18(26-22-19)11-10-17(23)20-15-8-3-4-9-16(15)25-2/h3-9,12H,10-11H2,1-2H3,(H,20,23). The van der Waals surface area contributed by atoms with Crippen molar-refractivity contribution in [2.24, 2.45) is 0 Å².